The molecule has 0 aliphatic heterocycles. The van der Waals surface area contributed by atoms with Gasteiger partial charge in [-0.25, -0.2) is 15.0 Å². The van der Waals surface area contributed by atoms with E-state index in [0.717, 1.165) is 60.9 Å². The van der Waals surface area contributed by atoms with E-state index in [2.05, 4.69) is 140 Å². The van der Waals surface area contributed by atoms with Gasteiger partial charge in [0.25, 0.3) is 0 Å². The Hall–Kier alpha value is -6.91. The summed E-state index contributed by atoms with van der Waals surface area (Å²) in [6, 6.07) is 61.0. The summed E-state index contributed by atoms with van der Waals surface area (Å²) in [5, 5.41) is 6.91. The molecule has 0 amide bonds. The summed E-state index contributed by atoms with van der Waals surface area (Å²) < 4.78 is 6.48. The zero-order valence-electron chi connectivity index (χ0n) is 27.5. The largest absolute Gasteiger partial charge is 0.455 e. The molecule has 51 heavy (non-hydrogen) atoms. The van der Waals surface area contributed by atoms with Gasteiger partial charge in [0.05, 0.1) is 5.56 Å². The smallest absolute Gasteiger partial charge is 0.167 e. The van der Waals surface area contributed by atoms with Crippen LogP contribution in [0.5, 0.6) is 0 Å². The molecule has 4 nitrogen and oxygen atoms in total. The molecule has 0 aliphatic rings. The van der Waals surface area contributed by atoms with Crippen LogP contribution in [-0.2, 0) is 0 Å². The number of fused-ring (bicyclic) bond motifs is 6. The average molecular weight is 652 g/mol. The maximum Gasteiger partial charge on any atom is 0.167 e. The molecule has 8 aromatic carbocycles. The lowest BCUT2D eigenvalue weighted by atomic mass is 9.91. The molecule has 0 atom stereocenters. The third-order valence-corrected chi connectivity index (χ3v) is 9.76. The van der Waals surface area contributed by atoms with Gasteiger partial charge in [-0.2, -0.15) is 0 Å². The summed E-state index contributed by atoms with van der Waals surface area (Å²) in [6.07, 6.45) is 0. The van der Waals surface area contributed by atoms with E-state index in [1.54, 1.807) is 0 Å². The highest BCUT2D eigenvalue weighted by Gasteiger charge is 2.20. The lowest BCUT2D eigenvalue weighted by Gasteiger charge is -2.15. The molecule has 238 valence electrons. The van der Waals surface area contributed by atoms with E-state index in [0.29, 0.717) is 17.5 Å². The lowest BCUT2D eigenvalue weighted by Crippen LogP contribution is -2.01. The predicted octanol–water partition coefficient (Wildman–Crippen LogP) is 12.4. The van der Waals surface area contributed by atoms with Crippen LogP contribution in [0.25, 0.3) is 99.9 Å². The first-order valence-electron chi connectivity index (χ1n) is 17.1. The number of nitrogens with zero attached hydrogens (tertiary/aromatic N) is 3. The quantitative estimate of drug-likeness (QED) is 0.174. The Balaban J connectivity index is 1.21. The van der Waals surface area contributed by atoms with Gasteiger partial charge in [0.15, 0.2) is 17.5 Å². The molecule has 0 N–H and O–H groups in total. The van der Waals surface area contributed by atoms with Crippen LogP contribution in [-0.4, -0.2) is 15.0 Å². The van der Waals surface area contributed by atoms with Gasteiger partial charge >= 0.3 is 0 Å². The Kier molecular flexibility index (Phi) is 6.78. The third kappa shape index (κ3) is 4.96. The van der Waals surface area contributed by atoms with Crippen molar-refractivity contribution < 1.29 is 4.42 Å². The topological polar surface area (TPSA) is 51.8 Å². The second kappa shape index (κ2) is 11.9. The molecule has 0 spiro atoms. The number of aromatic nitrogens is 3. The first-order valence-corrected chi connectivity index (χ1v) is 17.1. The van der Waals surface area contributed by atoms with Crippen LogP contribution in [0.3, 0.4) is 0 Å². The van der Waals surface area contributed by atoms with Crippen LogP contribution in [0.2, 0.25) is 0 Å². The zero-order chi connectivity index (χ0) is 33.7. The van der Waals surface area contributed by atoms with Crippen LogP contribution in [0.4, 0.5) is 0 Å². The van der Waals surface area contributed by atoms with Crippen molar-refractivity contribution in [3.05, 3.63) is 176 Å². The van der Waals surface area contributed by atoms with Crippen LogP contribution >= 0.6 is 0 Å². The molecule has 0 bridgehead atoms. The minimum atomic E-state index is 0.560. The van der Waals surface area contributed by atoms with E-state index in [-0.39, 0.29) is 0 Å². The number of furan rings is 1. The number of benzene rings is 8. The molecular formula is C47H29N3O. The number of rotatable bonds is 5. The van der Waals surface area contributed by atoms with Gasteiger partial charge in [0, 0.05) is 21.9 Å². The number of para-hydroxylation sites is 2. The van der Waals surface area contributed by atoms with E-state index in [1.807, 2.05) is 36.4 Å². The van der Waals surface area contributed by atoms with Crippen molar-refractivity contribution in [2.75, 3.05) is 0 Å². The monoisotopic (exact) mass is 651 g/mol. The molecule has 0 unspecified atom stereocenters. The molecule has 2 heterocycles. The third-order valence-electron chi connectivity index (χ3n) is 9.76. The first-order chi connectivity index (χ1) is 25.3. The van der Waals surface area contributed by atoms with Gasteiger partial charge in [0.1, 0.15) is 11.2 Å². The van der Waals surface area contributed by atoms with E-state index in [4.69, 9.17) is 19.4 Å². The van der Waals surface area contributed by atoms with E-state index in [9.17, 15) is 0 Å². The highest BCUT2D eigenvalue weighted by Crippen LogP contribution is 2.40. The highest BCUT2D eigenvalue weighted by molar-refractivity contribution is 6.15. The van der Waals surface area contributed by atoms with Crippen LogP contribution < -0.4 is 0 Å². The first kappa shape index (κ1) is 29.0. The fourth-order valence-electron chi connectivity index (χ4n) is 7.30. The standard InChI is InChI=1S/C47H29N3O/c1-2-13-30(14-3-1)31-25-27-32(28-26-31)45-48-46(50-47(49-45)41-23-12-22-39-38-20-10-11-24-43(38)51-44(39)41)40-21-9-8-19-37(40)42-29-33-15-4-5-16-34(33)35-17-6-7-18-36(35)42/h1-29H. The molecule has 10 rings (SSSR count). The summed E-state index contributed by atoms with van der Waals surface area (Å²) in [6.45, 7) is 0. The van der Waals surface area contributed by atoms with Crippen LogP contribution in [0.15, 0.2) is 180 Å². The predicted molar refractivity (Wildman–Crippen MR) is 209 cm³/mol. The van der Waals surface area contributed by atoms with Gasteiger partial charge in [0.2, 0.25) is 0 Å². The Bertz CT molecular complexity index is 2910. The van der Waals surface area contributed by atoms with Gasteiger partial charge < -0.3 is 4.42 Å². The summed E-state index contributed by atoms with van der Waals surface area (Å²) >= 11 is 0. The van der Waals surface area contributed by atoms with Gasteiger partial charge in [-0.15, -0.1) is 0 Å². The molecule has 0 saturated heterocycles. The van der Waals surface area contributed by atoms with E-state index >= 15 is 0 Å². The molecule has 0 saturated carbocycles. The maximum absolute atomic E-state index is 6.48. The molecule has 0 aliphatic carbocycles. The fraction of sp³-hybridized carbons (Fsp3) is 0. The maximum atomic E-state index is 6.48. The molecule has 2 aromatic heterocycles. The lowest BCUT2D eigenvalue weighted by molar-refractivity contribution is 0.669. The van der Waals surface area contributed by atoms with Crippen molar-refractivity contribution in [3.63, 3.8) is 0 Å². The second-order valence-corrected chi connectivity index (χ2v) is 12.8. The second-order valence-electron chi connectivity index (χ2n) is 12.8. The van der Waals surface area contributed by atoms with Crippen molar-refractivity contribution in [3.8, 4) is 56.4 Å². The SMILES string of the molecule is c1ccc(-c2ccc(-c3nc(-c4ccccc4-c4cc5ccccc5c5ccccc45)nc(-c4cccc5c4oc4ccccc45)n3)cc2)cc1. The van der Waals surface area contributed by atoms with Crippen LogP contribution in [0.1, 0.15) is 0 Å². The average Bonchev–Trinajstić information content (AvgIpc) is 3.60. The summed E-state index contributed by atoms with van der Waals surface area (Å²) in [5.74, 6) is 1.76. The van der Waals surface area contributed by atoms with Crippen molar-refractivity contribution in [1.29, 1.82) is 0 Å². The molecule has 0 fully saturated rings. The zero-order valence-corrected chi connectivity index (χ0v) is 27.5. The van der Waals surface area contributed by atoms with E-state index in [1.165, 1.54) is 21.5 Å². The van der Waals surface area contributed by atoms with Gasteiger partial charge in [-0.05, 0) is 62.0 Å². The Labute approximate surface area is 294 Å². The molecule has 10 aromatic rings. The Morgan fingerprint density at radius 2 is 0.863 bits per heavy atom. The normalized spacial score (nSPS) is 11.5. The van der Waals surface area contributed by atoms with Gasteiger partial charge in [-0.1, -0.05) is 158 Å². The Morgan fingerprint density at radius 3 is 1.69 bits per heavy atom. The fourth-order valence-corrected chi connectivity index (χ4v) is 7.30. The summed E-state index contributed by atoms with van der Waals surface area (Å²) in [7, 11) is 0. The number of hydrogen-bond donors (Lipinski definition) is 0. The molecule has 0 radical (unpaired) electrons. The summed E-state index contributed by atoms with van der Waals surface area (Å²) in [4.78, 5) is 15.6. The van der Waals surface area contributed by atoms with Crippen molar-refractivity contribution in [2.24, 2.45) is 0 Å². The van der Waals surface area contributed by atoms with E-state index < -0.39 is 0 Å². The number of hydrogen-bond acceptors (Lipinski definition) is 4. The van der Waals surface area contributed by atoms with Crippen molar-refractivity contribution in [1.82, 2.24) is 15.0 Å². The van der Waals surface area contributed by atoms with Crippen LogP contribution in [0, 0.1) is 0 Å². The van der Waals surface area contributed by atoms with Crippen molar-refractivity contribution >= 4 is 43.5 Å². The minimum Gasteiger partial charge on any atom is -0.455 e. The van der Waals surface area contributed by atoms with Gasteiger partial charge in [-0.3, -0.25) is 0 Å². The van der Waals surface area contributed by atoms with Crippen molar-refractivity contribution in [2.45, 2.75) is 0 Å². The highest BCUT2D eigenvalue weighted by atomic mass is 16.3. The minimum absolute atomic E-state index is 0.560. The molecular weight excluding hydrogens is 623 g/mol. The Morgan fingerprint density at radius 1 is 0.314 bits per heavy atom. The summed E-state index contributed by atoms with van der Waals surface area (Å²) in [5.41, 5.74) is 8.74. The molecule has 4 heteroatoms.